The van der Waals surface area contributed by atoms with E-state index in [2.05, 4.69) is 20.3 Å². The SMILES string of the molecule is O=C[C@@H](O)[C@H](O)[C@@H](O)[C@@H](O)CNc1ccc([N+](=O)[O-])c2nonc12. The van der Waals surface area contributed by atoms with Crippen LogP contribution in [0.1, 0.15) is 0 Å². The van der Waals surface area contributed by atoms with E-state index in [0.717, 1.165) is 6.07 Å². The minimum atomic E-state index is -1.87. The molecular weight excluding hydrogens is 328 g/mol. The van der Waals surface area contributed by atoms with Crippen LogP contribution in [0.15, 0.2) is 16.8 Å². The minimum Gasteiger partial charge on any atom is -0.388 e. The van der Waals surface area contributed by atoms with E-state index in [9.17, 15) is 30.2 Å². The van der Waals surface area contributed by atoms with E-state index in [4.69, 9.17) is 5.11 Å². The highest BCUT2D eigenvalue weighted by Crippen LogP contribution is 2.28. The molecule has 0 aliphatic carbocycles. The average Bonchev–Trinajstić information content (AvgIpc) is 3.06. The largest absolute Gasteiger partial charge is 0.388 e. The van der Waals surface area contributed by atoms with Crippen LogP contribution in [0, 0.1) is 10.1 Å². The van der Waals surface area contributed by atoms with Crippen molar-refractivity contribution in [1.82, 2.24) is 10.3 Å². The molecule has 24 heavy (non-hydrogen) atoms. The molecule has 4 atom stereocenters. The molecule has 0 amide bonds. The molecule has 0 radical (unpaired) electrons. The molecule has 0 spiro atoms. The van der Waals surface area contributed by atoms with Gasteiger partial charge in [-0.05, 0) is 16.4 Å². The number of nitrogens with zero attached hydrogens (tertiary/aromatic N) is 3. The molecule has 12 heteroatoms. The van der Waals surface area contributed by atoms with Crippen molar-refractivity contribution >= 4 is 28.7 Å². The van der Waals surface area contributed by atoms with Crippen LogP contribution in [0.5, 0.6) is 0 Å². The van der Waals surface area contributed by atoms with E-state index < -0.39 is 29.3 Å². The summed E-state index contributed by atoms with van der Waals surface area (Å²) in [6, 6.07) is 2.46. The molecule has 1 aromatic carbocycles. The predicted octanol–water partition coefficient (Wildman–Crippen LogP) is -1.81. The number of carbonyl (C=O) groups is 1. The van der Waals surface area contributed by atoms with Gasteiger partial charge >= 0.3 is 5.69 Å². The Labute approximate surface area is 133 Å². The van der Waals surface area contributed by atoms with E-state index in [0.29, 0.717) is 0 Å². The van der Waals surface area contributed by atoms with Crippen LogP contribution in [0.3, 0.4) is 0 Å². The fraction of sp³-hybridized carbons (Fsp3) is 0.417. The zero-order valence-corrected chi connectivity index (χ0v) is 12.0. The molecule has 1 heterocycles. The van der Waals surface area contributed by atoms with E-state index in [1.807, 2.05) is 0 Å². The molecule has 0 bridgehead atoms. The van der Waals surface area contributed by atoms with Crippen molar-refractivity contribution in [2.75, 3.05) is 11.9 Å². The Morgan fingerprint density at radius 2 is 1.88 bits per heavy atom. The molecule has 12 nitrogen and oxygen atoms in total. The lowest BCUT2D eigenvalue weighted by Gasteiger charge is -2.24. The molecule has 0 fully saturated rings. The number of aromatic nitrogens is 2. The van der Waals surface area contributed by atoms with Gasteiger partial charge in [-0.3, -0.25) is 10.1 Å². The van der Waals surface area contributed by atoms with Crippen molar-refractivity contribution < 1.29 is 34.8 Å². The Morgan fingerprint density at radius 1 is 1.21 bits per heavy atom. The van der Waals surface area contributed by atoms with Gasteiger partial charge in [0, 0.05) is 12.6 Å². The number of hydrogen-bond acceptors (Lipinski definition) is 11. The van der Waals surface area contributed by atoms with E-state index >= 15 is 0 Å². The first kappa shape index (κ1) is 17.7. The molecule has 0 aliphatic heterocycles. The summed E-state index contributed by atoms with van der Waals surface area (Å²) in [5, 5.41) is 58.5. The van der Waals surface area contributed by atoms with E-state index in [1.54, 1.807) is 0 Å². The summed E-state index contributed by atoms with van der Waals surface area (Å²) in [7, 11) is 0. The summed E-state index contributed by atoms with van der Waals surface area (Å²) in [6.45, 7) is -0.316. The number of rotatable bonds is 8. The highest BCUT2D eigenvalue weighted by Gasteiger charge is 2.30. The number of fused-ring (bicyclic) bond motifs is 1. The van der Waals surface area contributed by atoms with Gasteiger partial charge in [-0.2, -0.15) is 0 Å². The van der Waals surface area contributed by atoms with Gasteiger partial charge in [-0.15, -0.1) is 0 Å². The Hall–Kier alpha value is -2.67. The van der Waals surface area contributed by atoms with Gasteiger partial charge < -0.3 is 30.5 Å². The maximum atomic E-state index is 10.9. The molecule has 1 aromatic heterocycles. The molecule has 0 aliphatic rings. The number of hydrogen-bond donors (Lipinski definition) is 5. The lowest BCUT2D eigenvalue weighted by Crippen LogP contribution is -2.47. The molecular formula is C12H14N4O8. The number of benzene rings is 1. The van der Waals surface area contributed by atoms with Gasteiger partial charge in [0.15, 0.2) is 11.8 Å². The number of aldehydes is 1. The van der Waals surface area contributed by atoms with Crippen molar-refractivity contribution in [1.29, 1.82) is 0 Å². The second kappa shape index (κ2) is 7.27. The smallest absolute Gasteiger partial charge is 0.300 e. The normalized spacial score (nSPS) is 16.3. The lowest BCUT2D eigenvalue weighted by molar-refractivity contribution is -0.383. The van der Waals surface area contributed by atoms with Crippen LogP contribution >= 0.6 is 0 Å². The first-order valence-electron chi connectivity index (χ1n) is 6.68. The third-order valence-corrected chi connectivity index (χ3v) is 3.33. The van der Waals surface area contributed by atoms with Gasteiger partial charge in [-0.1, -0.05) is 0 Å². The third-order valence-electron chi connectivity index (χ3n) is 3.33. The topological polar surface area (TPSA) is 192 Å². The molecule has 0 saturated heterocycles. The molecule has 0 saturated carbocycles. The standard InChI is InChI=1S/C12H14N4O8/c17-4-8(19)12(21)11(20)7(18)3-13-5-1-2-6(16(22)23)10-9(5)14-24-15-10/h1-2,4,7-8,11-13,18-21H,3H2/t7-,8+,11-,12-/m0/s1. The van der Waals surface area contributed by atoms with Crippen LogP contribution < -0.4 is 5.32 Å². The van der Waals surface area contributed by atoms with E-state index in [1.165, 1.54) is 6.07 Å². The summed E-state index contributed by atoms with van der Waals surface area (Å²) in [4.78, 5) is 20.6. The molecule has 2 aromatic rings. The number of nitro groups is 1. The fourth-order valence-electron chi connectivity index (χ4n) is 1.99. The Bertz CT molecular complexity index is 735. The lowest BCUT2D eigenvalue weighted by atomic mass is 10.0. The monoisotopic (exact) mass is 342 g/mol. The number of non-ortho nitro benzene ring substituents is 1. The van der Waals surface area contributed by atoms with Crippen molar-refractivity contribution in [3.05, 3.63) is 22.2 Å². The Balaban J connectivity index is 2.11. The van der Waals surface area contributed by atoms with Crippen molar-refractivity contribution in [3.8, 4) is 0 Å². The van der Waals surface area contributed by atoms with Crippen molar-refractivity contribution in [2.24, 2.45) is 0 Å². The maximum Gasteiger partial charge on any atom is 0.300 e. The van der Waals surface area contributed by atoms with Gasteiger partial charge in [0.05, 0.1) is 16.7 Å². The van der Waals surface area contributed by atoms with Crippen LogP contribution in [0.4, 0.5) is 11.4 Å². The number of aliphatic hydroxyl groups excluding tert-OH is 4. The molecule has 0 unspecified atom stereocenters. The van der Waals surface area contributed by atoms with Gasteiger partial charge in [0.25, 0.3) is 0 Å². The molecule has 5 N–H and O–H groups in total. The summed E-state index contributed by atoms with van der Waals surface area (Å²) in [5.41, 5.74) is -0.147. The van der Waals surface area contributed by atoms with Crippen LogP contribution in [0.25, 0.3) is 11.0 Å². The number of aliphatic hydroxyl groups is 4. The summed E-state index contributed by atoms with van der Waals surface area (Å²) < 4.78 is 4.47. The fourth-order valence-corrected chi connectivity index (χ4v) is 1.99. The number of carbonyl (C=O) groups excluding carboxylic acids is 1. The predicted molar refractivity (Wildman–Crippen MR) is 77.0 cm³/mol. The van der Waals surface area contributed by atoms with E-state index in [-0.39, 0.29) is 35.2 Å². The second-order valence-corrected chi connectivity index (χ2v) is 4.91. The Kier molecular flexibility index (Phi) is 5.35. The number of nitro benzene ring substituents is 1. The first-order valence-corrected chi connectivity index (χ1v) is 6.68. The minimum absolute atomic E-state index is 0.0228. The maximum absolute atomic E-state index is 10.9. The van der Waals surface area contributed by atoms with Crippen molar-refractivity contribution in [2.45, 2.75) is 24.4 Å². The third kappa shape index (κ3) is 3.46. The number of nitrogens with one attached hydrogen (secondary N) is 1. The van der Waals surface area contributed by atoms with Gasteiger partial charge in [0.2, 0.25) is 5.52 Å². The molecule has 130 valence electrons. The van der Waals surface area contributed by atoms with Crippen LogP contribution in [0.2, 0.25) is 0 Å². The average molecular weight is 342 g/mol. The van der Waals surface area contributed by atoms with Crippen LogP contribution in [-0.2, 0) is 4.79 Å². The number of anilines is 1. The van der Waals surface area contributed by atoms with Gasteiger partial charge in [0.1, 0.15) is 18.3 Å². The summed E-state index contributed by atoms with van der Waals surface area (Å²) >= 11 is 0. The zero-order chi connectivity index (χ0) is 17.9. The quantitative estimate of drug-likeness (QED) is 0.206. The first-order chi connectivity index (χ1) is 11.4. The van der Waals surface area contributed by atoms with Crippen molar-refractivity contribution in [3.63, 3.8) is 0 Å². The highest BCUT2D eigenvalue weighted by atomic mass is 16.6. The molecule has 2 rings (SSSR count). The zero-order valence-electron chi connectivity index (χ0n) is 12.0. The highest BCUT2D eigenvalue weighted by molar-refractivity contribution is 5.93. The summed E-state index contributed by atoms with van der Waals surface area (Å²) in [6.07, 6.45) is -7.05. The van der Waals surface area contributed by atoms with Crippen LogP contribution in [-0.4, -0.2) is 72.9 Å². The van der Waals surface area contributed by atoms with Gasteiger partial charge in [-0.25, -0.2) is 4.63 Å². The summed E-state index contributed by atoms with van der Waals surface area (Å²) in [5.74, 6) is 0. The second-order valence-electron chi connectivity index (χ2n) is 4.91. The Morgan fingerprint density at radius 3 is 2.50 bits per heavy atom.